The van der Waals surface area contributed by atoms with E-state index in [1.165, 1.54) is 11.8 Å². The summed E-state index contributed by atoms with van der Waals surface area (Å²) in [6.45, 7) is 0. The van der Waals surface area contributed by atoms with Gasteiger partial charge in [0.25, 0.3) is 0 Å². The van der Waals surface area contributed by atoms with Crippen molar-refractivity contribution in [3.8, 4) is 0 Å². The largest absolute Gasteiger partial charge is 0.399 e. The van der Waals surface area contributed by atoms with Crippen LogP contribution in [0.5, 0.6) is 0 Å². The van der Waals surface area contributed by atoms with Crippen molar-refractivity contribution in [3.63, 3.8) is 0 Å². The third-order valence-corrected chi connectivity index (χ3v) is 3.71. The Morgan fingerprint density at radius 2 is 1.84 bits per heavy atom. The Bertz CT molecular complexity index is 728. The molecule has 3 rings (SSSR count). The lowest BCUT2D eigenvalue weighted by Gasteiger charge is -2.03. The third-order valence-electron chi connectivity index (χ3n) is 2.60. The maximum atomic E-state index is 5.81. The van der Waals surface area contributed by atoms with Crippen LogP contribution in [0.15, 0.2) is 58.7 Å². The number of halogens is 1. The van der Waals surface area contributed by atoms with Gasteiger partial charge in [0.05, 0.1) is 10.5 Å². The minimum Gasteiger partial charge on any atom is -0.399 e. The molecule has 0 saturated carbocycles. The van der Waals surface area contributed by atoms with Gasteiger partial charge < -0.3 is 5.73 Å². The first kappa shape index (κ1) is 12.3. The number of pyridine rings is 2. The number of nitrogens with zero attached hydrogens (tertiary/aromatic N) is 2. The number of rotatable bonds is 2. The van der Waals surface area contributed by atoms with E-state index < -0.39 is 0 Å². The Labute approximate surface area is 119 Å². The highest BCUT2D eigenvalue weighted by molar-refractivity contribution is 7.99. The Hall–Kier alpha value is -1.78. The topological polar surface area (TPSA) is 51.8 Å². The number of nitrogen functional groups attached to an aromatic ring is 1. The normalized spacial score (nSPS) is 10.8. The summed E-state index contributed by atoms with van der Waals surface area (Å²) in [4.78, 5) is 8.81. The molecular weight excluding hydrogens is 278 g/mol. The van der Waals surface area contributed by atoms with Gasteiger partial charge in [0.2, 0.25) is 0 Å². The molecule has 19 heavy (non-hydrogen) atoms. The molecule has 3 nitrogen and oxygen atoms in total. The van der Waals surface area contributed by atoms with Gasteiger partial charge >= 0.3 is 0 Å². The van der Waals surface area contributed by atoms with E-state index in [0.717, 1.165) is 26.6 Å². The third kappa shape index (κ3) is 2.80. The highest BCUT2D eigenvalue weighted by Gasteiger charge is 2.02. The standard InChI is InChI=1S/C14H10ClN3S/c15-10-2-6-13(17-8-10)19-14-5-1-9-7-11(16)3-4-12(9)18-14/h1-8H,16H2. The lowest BCUT2D eigenvalue weighted by atomic mass is 10.2. The lowest BCUT2D eigenvalue weighted by molar-refractivity contribution is 1.11. The van der Waals surface area contributed by atoms with Crippen molar-refractivity contribution < 1.29 is 0 Å². The number of nitrogens with two attached hydrogens (primary N) is 1. The number of hydrogen-bond donors (Lipinski definition) is 1. The average Bonchev–Trinajstić information content (AvgIpc) is 2.42. The molecule has 2 aromatic heterocycles. The summed E-state index contributed by atoms with van der Waals surface area (Å²) >= 11 is 7.31. The van der Waals surface area contributed by atoms with Gasteiger partial charge in [-0.3, -0.25) is 0 Å². The second-order valence-corrected chi connectivity index (χ2v) is 5.50. The molecule has 0 amide bonds. The first-order valence-corrected chi connectivity index (χ1v) is 6.86. The van der Waals surface area contributed by atoms with Crippen LogP contribution in [0.1, 0.15) is 0 Å². The van der Waals surface area contributed by atoms with E-state index in [1.54, 1.807) is 6.20 Å². The summed E-state index contributed by atoms with van der Waals surface area (Å²) in [7, 11) is 0. The Balaban J connectivity index is 1.93. The summed E-state index contributed by atoms with van der Waals surface area (Å²) in [5.74, 6) is 0. The van der Waals surface area contributed by atoms with Crippen LogP contribution in [0.4, 0.5) is 5.69 Å². The van der Waals surface area contributed by atoms with Crippen molar-refractivity contribution in [3.05, 3.63) is 53.7 Å². The lowest BCUT2D eigenvalue weighted by Crippen LogP contribution is -1.87. The van der Waals surface area contributed by atoms with Crippen LogP contribution < -0.4 is 5.73 Å². The van der Waals surface area contributed by atoms with Crippen LogP contribution in [-0.2, 0) is 0 Å². The number of benzene rings is 1. The SMILES string of the molecule is Nc1ccc2nc(Sc3ccc(Cl)cn3)ccc2c1. The maximum absolute atomic E-state index is 5.81. The average molecular weight is 288 g/mol. The van der Waals surface area contributed by atoms with E-state index >= 15 is 0 Å². The van der Waals surface area contributed by atoms with Gasteiger partial charge in [-0.2, -0.15) is 0 Å². The van der Waals surface area contributed by atoms with Crippen molar-refractivity contribution >= 4 is 40.0 Å². The van der Waals surface area contributed by atoms with E-state index in [2.05, 4.69) is 9.97 Å². The van der Waals surface area contributed by atoms with E-state index in [1.807, 2.05) is 42.5 Å². The summed E-state index contributed by atoms with van der Waals surface area (Å²) in [5.41, 5.74) is 7.41. The zero-order valence-electron chi connectivity index (χ0n) is 9.88. The van der Waals surface area contributed by atoms with Gasteiger partial charge in [0, 0.05) is 17.3 Å². The Kier molecular flexibility index (Phi) is 3.27. The zero-order chi connectivity index (χ0) is 13.2. The fourth-order valence-electron chi connectivity index (χ4n) is 1.71. The molecule has 2 heterocycles. The number of anilines is 1. The Morgan fingerprint density at radius 3 is 2.63 bits per heavy atom. The minimum absolute atomic E-state index is 0.631. The van der Waals surface area contributed by atoms with Crippen LogP contribution in [-0.4, -0.2) is 9.97 Å². The summed E-state index contributed by atoms with van der Waals surface area (Å²) in [6, 6.07) is 13.4. The van der Waals surface area contributed by atoms with Gasteiger partial charge in [-0.25, -0.2) is 9.97 Å². The van der Waals surface area contributed by atoms with E-state index in [0.29, 0.717) is 5.02 Å². The molecule has 0 aliphatic rings. The van der Waals surface area contributed by atoms with Crippen molar-refractivity contribution in [2.24, 2.45) is 0 Å². The molecule has 0 bridgehead atoms. The van der Waals surface area contributed by atoms with Crippen LogP contribution in [0, 0.1) is 0 Å². The van der Waals surface area contributed by atoms with Crippen LogP contribution in [0.25, 0.3) is 10.9 Å². The van der Waals surface area contributed by atoms with Gasteiger partial charge in [-0.1, -0.05) is 29.4 Å². The zero-order valence-corrected chi connectivity index (χ0v) is 11.4. The van der Waals surface area contributed by atoms with Crippen molar-refractivity contribution in [2.45, 2.75) is 10.1 Å². The summed E-state index contributed by atoms with van der Waals surface area (Å²) < 4.78 is 0. The predicted molar refractivity (Wildman–Crippen MR) is 79.5 cm³/mol. The van der Waals surface area contributed by atoms with Crippen LogP contribution in [0.3, 0.4) is 0 Å². The van der Waals surface area contributed by atoms with Gasteiger partial charge in [0.1, 0.15) is 10.1 Å². The molecule has 0 saturated heterocycles. The van der Waals surface area contributed by atoms with Gasteiger partial charge in [0.15, 0.2) is 0 Å². The van der Waals surface area contributed by atoms with E-state index in [4.69, 9.17) is 17.3 Å². The quantitative estimate of drug-likeness (QED) is 0.723. The predicted octanol–water partition coefficient (Wildman–Crippen LogP) is 4.02. The number of aromatic nitrogens is 2. The highest BCUT2D eigenvalue weighted by Crippen LogP contribution is 2.27. The molecule has 1 aromatic carbocycles. The van der Waals surface area contributed by atoms with Crippen LogP contribution in [0.2, 0.25) is 5.02 Å². The second-order valence-electron chi connectivity index (χ2n) is 4.02. The molecular formula is C14H10ClN3S. The number of fused-ring (bicyclic) bond motifs is 1. The first-order valence-electron chi connectivity index (χ1n) is 5.66. The maximum Gasteiger partial charge on any atom is 0.103 e. The molecule has 0 radical (unpaired) electrons. The summed E-state index contributed by atoms with van der Waals surface area (Å²) in [6.07, 6.45) is 1.63. The molecule has 2 N–H and O–H groups in total. The minimum atomic E-state index is 0.631. The smallest absolute Gasteiger partial charge is 0.103 e. The molecule has 0 atom stereocenters. The molecule has 0 spiro atoms. The van der Waals surface area contributed by atoms with Crippen molar-refractivity contribution in [1.82, 2.24) is 9.97 Å². The molecule has 5 heteroatoms. The molecule has 94 valence electrons. The van der Waals surface area contributed by atoms with Gasteiger partial charge in [-0.05, 0) is 36.4 Å². The Morgan fingerprint density at radius 1 is 1.00 bits per heavy atom. The first-order chi connectivity index (χ1) is 9.20. The fraction of sp³-hybridized carbons (Fsp3) is 0. The van der Waals surface area contributed by atoms with E-state index in [-0.39, 0.29) is 0 Å². The van der Waals surface area contributed by atoms with Crippen molar-refractivity contribution in [1.29, 1.82) is 0 Å². The highest BCUT2D eigenvalue weighted by atomic mass is 35.5. The molecule has 0 aliphatic carbocycles. The molecule has 0 unspecified atom stereocenters. The van der Waals surface area contributed by atoms with Crippen LogP contribution >= 0.6 is 23.4 Å². The molecule has 0 aliphatic heterocycles. The van der Waals surface area contributed by atoms with Gasteiger partial charge in [-0.15, -0.1) is 0 Å². The fourth-order valence-corrected chi connectivity index (χ4v) is 2.56. The molecule has 3 aromatic rings. The molecule has 0 fully saturated rings. The van der Waals surface area contributed by atoms with Crippen molar-refractivity contribution in [2.75, 3.05) is 5.73 Å². The second kappa shape index (κ2) is 5.07. The number of hydrogen-bond acceptors (Lipinski definition) is 4. The van der Waals surface area contributed by atoms with E-state index in [9.17, 15) is 0 Å². The monoisotopic (exact) mass is 287 g/mol. The summed E-state index contributed by atoms with van der Waals surface area (Å²) in [5, 5.41) is 3.43.